The molecule has 0 saturated carbocycles. The number of carbonyl (C=O) groups is 1. The van der Waals surface area contributed by atoms with E-state index in [-0.39, 0.29) is 11.7 Å². The van der Waals surface area contributed by atoms with Crippen molar-refractivity contribution in [2.24, 2.45) is 0 Å². The smallest absolute Gasteiger partial charge is 0.308 e. The van der Waals surface area contributed by atoms with E-state index >= 15 is 0 Å². The predicted octanol–water partition coefficient (Wildman–Crippen LogP) is 2.47. The lowest BCUT2D eigenvalue weighted by Crippen LogP contribution is -1.99. The largest absolute Gasteiger partial charge is 0.481 e. The second-order valence-electron chi connectivity index (χ2n) is 3.20. The lowest BCUT2D eigenvalue weighted by Gasteiger charge is -2.00. The van der Waals surface area contributed by atoms with Crippen molar-refractivity contribution >= 4 is 29.1 Å². The van der Waals surface area contributed by atoms with Gasteiger partial charge in [0.25, 0.3) is 0 Å². The van der Waals surface area contributed by atoms with Gasteiger partial charge in [-0.05, 0) is 13.3 Å². The van der Waals surface area contributed by atoms with Crippen molar-refractivity contribution in [2.45, 2.75) is 36.3 Å². The van der Waals surface area contributed by atoms with Gasteiger partial charge in [-0.2, -0.15) is 5.26 Å². The number of aromatic nitrogens is 1. The molecule has 0 aliphatic rings. The summed E-state index contributed by atoms with van der Waals surface area (Å²) in [5.41, 5.74) is 0.752. The van der Waals surface area contributed by atoms with Crippen LogP contribution in [-0.4, -0.2) is 21.3 Å². The Morgan fingerprint density at radius 2 is 2.44 bits per heavy atom. The lowest BCUT2D eigenvalue weighted by atomic mass is 10.3. The average molecular weight is 256 g/mol. The highest BCUT2D eigenvalue weighted by Gasteiger charge is 2.14. The Kier molecular flexibility index (Phi) is 4.77. The second-order valence-corrected chi connectivity index (χ2v) is 5.74. The van der Waals surface area contributed by atoms with Gasteiger partial charge in [-0.1, -0.05) is 18.7 Å². The first kappa shape index (κ1) is 13.0. The Bertz CT molecular complexity index is 423. The number of carboxylic acid groups (broad SMARTS) is 1. The number of hydrogen-bond acceptors (Lipinski definition) is 5. The quantitative estimate of drug-likeness (QED) is 0.819. The summed E-state index contributed by atoms with van der Waals surface area (Å²) in [6.45, 7) is 3.74. The van der Waals surface area contributed by atoms with E-state index in [1.54, 1.807) is 6.92 Å². The van der Waals surface area contributed by atoms with Gasteiger partial charge >= 0.3 is 5.97 Å². The van der Waals surface area contributed by atoms with Gasteiger partial charge in [0.05, 0.1) is 23.4 Å². The number of thioether (sulfide) groups is 1. The Labute approximate surface area is 102 Å². The van der Waals surface area contributed by atoms with E-state index in [0.717, 1.165) is 21.3 Å². The number of aliphatic carboxylic acids is 1. The fourth-order valence-electron chi connectivity index (χ4n) is 1.08. The molecule has 0 aliphatic carbocycles. The maximum Gasteiger partial charge on any atom is 0.308 e. The van der Waals surface area contributed by atoms with Gasteiger partial charge < -0.3 is 5.11 Å². The van der Waals surface area contributed by atoms with Crippen LogP contribution in [-0.2, 0) is 11.2 Å². The zero-order valence-electron chi connectivity index (χ0n) is 9.06. The maximum absolute atomic E-state index is 10.6. The third-order valence-corrected chi connectivity index (χ3v) is 4.45. The summed E-state index contributed by atoms with van der Waals surface area (Å²) in [5.74, 6) is -0.851. The van der Waals surface area contributed by atoms with Gasteiger partial charge in [0.15, 0.2) is 4.34 Å². The molecule has 1 N–H and O–H groups in total. The van der Waals surface area contributed by atoms with Gasteiger partial charge in [0, 0.05) is 4.88 Å². The van der Waals surface area contributed by atoms with Gasteiger partial charge in [-0.25, -0.2) is 4.98 Å². The SMILES string of the molecule is CCC(C#N)Sc1nc(C)c(CC(=O)O)s1. The summed E-state index contributed by atoms with van der Waals surface area (Å²) in [6.07, 6.45) is 0.765. The van der Waals surface area contributed by atoms with Crippen molar-refractivity contribution in [1.29, 1.82) is 5.26 Å². The van der Waals surface area contributed by atoms with Crippen molar-refractivity contribution in [3.05, 3.63) is 10.6 Å². The molecule has 0 aliphatic heterocycles. The molecule has 0 spiro atoms. The normalized spacial score (nSPS) is 12.1. The Morgan fingerprint density at radius 3 is 2.94 bits per heavy atom. The summed E-state index contributed by atoms with van der Waals surface area (Å²) in [7, 11) is 0. The van der Waals surface area contributed by atoms with E-state index in [9.17, 15) is 4.79 Å². The standard InChI is InChI=1S/C10H12N2O2S2/c1-3-7(5-11)15-10-12-6(2)8(16-10)4-9(13)14/h7H,3-4H2,1-2H3,(H,13,14). The fourth-order valence-corrected chi connectivity index (χ4v) is 3.35. The van der Waals surface area contributed by atoms with Crippen molar-refractivity contribution in [3.8, 4) is 6.07 Å². The molecule has 16 heavy (non-hydrogen) atoms. The Hall–Kier alpha value is -1.06. The molecule has 1 unspecified atom stereocenters. The third kappa shape index (κ3) is 3.51. The highest BCUT2D eigenvalue weighted by molar-refractivity contribution is 8.01. The van der Waals surface area contributed by atoms with Crippen LogP contribution in [0.25, 0.3) is 0 Å². The molecule has 1 heterocycles. The highest BCUT2D eigenvalue weighted by Crippen LogP contribution is 2.31. The number of hydrogen-bond donors (Lipinski definition) is 1. The van der Waals surface area contributed by atoms with Crippen LogP contribution in [0.15, 0.2) is 4.34 Å². The molecule has 1 rings (SSSR count). The lowest BCUT2D eigenvalue weighted by molar-refractivity contribution is -0.136. The highest BCUT2D eigenvalue weighted by atomic mass is 32.2. The first-order chi connectivity index (χ1) is 7.56. The number of carboxylic acids is 1. The van der Waals surface area contributed by atoms with E-state index in [0.29, 0.717) is 0 Å². The zero-order valence-corrected chi connectivity index (χ0v) is 10.7. The molecule has 0 bridgehead atoms. The number of aryl methyl sites for hydroxylation is 1. The number of thiazole rings is 1. The summed E-state index contributed by atoms with van der Waals surface area (Å²) in [4.78, 5) is 15.6. The minimum atomic E-state index is -0.851. The van der Waals surface area contributed by atoms with E-state index in [1.165, 1.54) is 23.1 Å². The van der Waals surface area contributed by atoms with Crippen LogP contribution in [0.1, 0.15) is 23.9 Å². The zero-order chi connectivity index (χ0) is 12.1. The van der Waals surface area contributed by atoms with Crippen LogP contribution in [0.2, 0.25) is 0 Å². The predicted molar refractivity (Wildman–Crippen MR) is 63.7 cm³/mol. The molecule has 4 nitrogen and oxygen atoms in total. The first-order valence-corrected chi connectivity index (χ1v) is 6.50. The minimum Gasteiger partial charge on any atom is -0.481 e. The van der Waals surface area contributed by atoms with Crippen LogP contribution < -0.4 is 0 Å². The van der Waals surface area contributed by atoms with Crippen molar-refractivity contribution in [3.63, 3.8) is 0 Å². The molecule has 0 amide bonds. The van der Waals surface area contributed by atoms with Gasteiger partial charge in [-0.3, -0.25) is 4.79 Å². The van der Waals surface area contributed by atoms with E-state index in [1.807, 2.05) is 6.92 Å². The molecule has 1 aromatic heterocycles. The molecule has 1 aromatic rings. The molecule has 0 fully saturated rings. The number of rotatable bonds is 5. The minimum absolute atomic E-state index is 0.00735. The summed E-state index contributed by atoms with van der Waals surface area (Å²) < 4.78 is 0.780. The van der Waals surface area contributed by atoms with E-state index in [4.69, 9.17) is 10.4 Å². The monoisotopic (exact) mass is 256 g/mol. The van der Waals surface area contributed by atoms with E-state index < -0.39 is 5.97 Å². The first-order valence-electron chi connectivity index (χ1n) is 4.81. The van der Waals surface area contributed by atoms with Gasteiger partial charge in [0.2, 0.25) is 0 Å². The molecular formula is C10H12N2O2S2. The third-order valence-electron chi connectivity index (χ3n) is 1.94. The molecule has 6 heteroatoms. The molecular weight excluding hydrogens is 244 g/mol. The summed E-state index contributed by atoms with van der Waals surface area (Å²) >= 11 is 2.77. The molecule has 1 atom stereocenters. The average Bonchev–Trinajstić information content (AvgIpc) is 2.55. The van der Waals surface area contributed by atoms with Crippen LogP contribution in [0, 0.1) is 18.3 Å². The molecule has 86 valence electrons. The number of nitrogens with zero attached hydrogens (tertiary/aromatic N) is 2. The van der Waals surface area contributed by atoms with Crippen LogP contribution in [0.5, 0.6) is 0 Å². The van der Waals surface area contributed by atoms with Crippen molar-refractivity contribution in [2.75, 3.05) is 0 Å². The maximum atomic E-state index is 10.6. The Morgan fingerprint density at radius 1 is 1.75 bits per heavy atom. The van der Waals surface area contributed by atoms with Crippen LogP contribution in [0.3, 0.4) is 0 Å². The molecule has 0 saturated heterocycles. The summed E-state index contributed by atoms with van der Waals surface area (Å²) in [6, 6.07) is 2.18. The van der Waals surface area contributed by atoms with Crippen molar-refractivity contribution in [1.82, 2.24) is 4.98 Å². The summed E-state index contributed by atoms with van der Waals surface area (Å²) in [5, 5.41) is 17.4. The Balaban J connectivity index is 2.77. The second kappa shape index (κ2) is 5.87. The topological polar surface area (TPSA) is 74.0 Å². The fraction of sp³-hybridized carbons (Fsp3) is 0.500. The number of nitriles is 1. The van der Waals surface area contributed by atoms with Crippen LogP contribution >= 0.6 is 23.1 Å². The van der Waals surface area contributed by atoms with Gasteiger partial charge in [-0.15, -0.1) is 11.3 Å². The van der Waals surface area contributed by atoms with Crippen molar-refractivity contribution < 1.29 is 9.90 Å². The molecule has 0 aromatic carbocycles. The molecule has 0 radical (unpaired) electrons. The van der Waals surface area contributed by atoms with E-state index in [2.05, 4.69) is 11.1 Å². The van der Waals surface area contributed by atoms with Crippen LogP contribution in [0.4, 0.5) is 0 Å². The van der Waals surface area contributed by atoms with Gasteiger partial charge in [0.1, 0.15) is 0 Å².